The molecule has 3 rings (SSSR count). The van der Waals surface area contributed by atoms with E-state index in [1.165, 1.54) is 10.8 Å². The molecule has 0 radical (unpaired) electrons. The van der Waals surface area contributed by atoms with Crippen LogP contribution in [0, 0.1) is 0 Å². The molecule has 0 saturated heterocycles. The van der Waals surface area contributed by atoms with Crippen molar-refractivity contribution in [2.45, 2.75) is 13.8 Å². The summed E-state index contributed by atoms with van der Waals surface area (Å²) in [6.45, 7) is 4.00. The van der Waals surface area contributed by atoms with Crippen molar-refractivity contribution in [1.29, 1.82) is 0 Å². The molecule has 0 bridgehead atoms. The van der Waals surface area contributed by atoms with E-state index in [1.807, 2.05) is 50.2 Å². The highest BCUT2D eigenvalue weighted by Crippen LogP contribution is 2.27. The molecule has 0 aliphatic carbocycles. The van der Waals surface area contributed by atoms with E-state index >= 15 is 0 Å². The summed E-state index contributed by atoms with van der Waals surface area (Å²) in [6.07, 6.45) is 0. The molecular weight excluding hydrogens is 184 g/mol. The summed E-state index contributed by atoms with van der Waals surface area (Å²) >= 11 is 0. The first-order valence-electron chi connectivity index (χ1n) is 5.31. The number of hydrogen-bond donors (Lipinski definition) is 0. The van der Waals surface area contributed by atoms with Gasteiger partial charge in [0.05, 0.1) is 0 Å². The molecule has 1 nitrogen and oxygen atoms in total. The minimum absolute atomic E-state index is 0.962. The molecule has 1 heteroatoms. The number of rotatable bonds is 0. The number of para-hydroxylation sites is 2. The Morgan fingerprint density at radius 3 is 1.53 bits per heavy atom. The third-order valence-electron chi connectivity index (χ3n) is 2.28. The quantitative estimate of drug-likeness (QED) is 0.514. The lowest BCUT2D eigenvalue weighted by Gasteiger charge is -1.85. The molecule has 2 aromatic carbocycles. The van der Waals surface area contributed by atoms with Gasteiger partial charge in [-0.3, -0.25) is 0 Å². The highest BCUT2D eigenvalue weighted by atomic mass is 16.3. The molecular formula is C14H14O. The minimum atomic E-state index is 0.962. The highest BCUT2D eigenvalue weighted by molar-refractivity contribution is 6.04. The largest absolute Gasteiger partial charge is 0.456 e. The zero-order valence-corrected chi connectivity index (χ0v) is 9.03. The minimum Gasteiger partial charge on any atom is -0.456 e. The SMILES string of the molecule is CC.c1ccc2c(c1)oc1ccccc12. The molecule has 76 valence electrons. The lowest BCUT2D eigenvalue weighted by molar-refractivity contribution is 0.669. The molecule has 0 aliphatic rings. The van der Waals surface area contributed by atoms with E-state index in [2.05, 4.69) is 12.1 Å². The molecule has 0 atom stereocenters. The Bertz CT molecular complexity index is 513. The van der Waals surface area contributed by atoms with Gasteiger partial charge in [0.15, 0.2) is 0 Å². The van der Waals surface area contributed by atoms with Gasteiger partial charge in [-0.15, -0.1) is 0 Å². The average molecular weight is 198 g/mol. The molecule has 0 fully saturated rings. The zero-order chi connectivity index (χ0) is 10.7. The van der Waals surface area contributed by atoms with E-state index in [0.717, 1.165) is 11.2 Å². The Kier molecular flexibility index (Phi) is 2.72. The lowest BCUT2D eigenvalue weighted by Crippen LogP contribution is -1.62. The normalized spacial score (nSPS) is 10.0. The second-order valence-electron chi connectivity index (χ2n) is 3.09. The second kappa shape index (κ2) is 4.18. The zero-order valence-electron chi connectivity index (χ0n) is 9.03. The maximum Gasteiger partial charge on any atom is 0.135 e. The topological polar surface area (TPSA) is 13.1 Å². The van der Waals surface area contributed by atoms with Crippen LogP contribution in [0.15, 0.2) is 52.9 Å². The average Bonchev–Trinajstić information content (AvgIpc) is 2.70. The molecule has 0 aliphatic heterocycles. The van der Waals surface area contributed by atoms with E-state index < -0.39 is 0 Å². The Morgan fingerprint density at radius 1 is 0.667 bits per heavy atom. The van der Waals surface area contributed by atoms with Crippen molar-refractivity contribution in [3.05, 3.63) is 48.5 Å². The smallest absolute Gasteiger partial charge is 0.135 e. The summed E-state index contributed by atoms with van der Waals surface area (Å²) in [7, 11) is 0. The molecule has 3 aromatic rings. The third kappa shape index (κ3) is 1.61. The van der Waals surface area contributed by atoms with Gasteiger partial charge in [-0.05, 0) is 12.1 Å². The Morgan fingerprint density at radius 2 is 1.07 bits per heavy atom. The van der Waals surface area contributed by atoms with Gasteiger partial charge in [-0.25, -0.2) is 0 Å². The third-order valence-corrected chi connectivity index (χ3v) is 2.28. The number of benzene rings is 2. The summed E-state index contributed by atoms with van der Waals surface area (Å²) in [4.78, 5) is 0. The predicted molar refractivity (Wildman–Crippen MR) is 65.1 cm³/mol. The van der Waals surface area contributed by atoms with E-state index in [-0.39, 0.29) is 0 Å². The summed E-state index contributed by atoms with van der Waals surface area (Å²) in [6, 6.07) is 16.2. The van der Waals surface area contributed by atoms with E-state index in [9.17, 15) is 0 Å². The van der Waals surface area contributed by atoms with Gasteiger partial charge in [-0.2, -0.15) is 0 Å². The molecule has 0 amide bonds. The van der Waals surface area contributed by atoms with Crippen LogP contribution in [-0.2, 0) is 0 Å². The number of hydrogen-bond acceptors (Lipinski definition) is 1. The van der Waals surface area contributed by atoms with Crippen molar-refractivity contribution in [1.82, 2.24) is 0 Å². The second-order valence-corrected chi connectivity index (χ2v) is 3.09. The lowest BCUT2D eigenvalue weighted by atomic mass is 10.2. The molecule has 0 unspecified atom stereocenters. The van der Waals surface area contributed by atoms with Gasteiger partial charge >= 0.3 is 0 Å². The van der Waals surface area contributed by atoms with Gasteiger partial charge in [0, 0.05) is 10.8 Å². The van der Waals surface area contributed by atoms with Crippen LogP contribution in [0.5, 0.6) is 0 Å². The monoisotopic (exact) mass is 198 g/mol. The first-order valence-corrected chi connectivity index (χ1v) is 5.31. The first-order chi connectivity index (χ1) is 7.45. The summed E-state index contributed by atoms with van der Waals surface area (Å²) in [5, 5.41) is 2.39. The van der Waals surface area contributed by atoms with Crippen molar-refractivity contribution >= 4 is 21.9 Å². The fourth-order valence-electron chi connectivity index (χ4n) is 1.67. The summed E-state index contributed by atoms with van der Waals surface area (Å²) in [5.74, 6) is 0. The fourth-order valence-corrected chi connectivity index (χ4v) is 1.67. The van der Waals surface area contributed by atoms with Crippen LogP contribution in [0.4, 0.5) is 0 Å². The van der Waals surface area contributed by atoms with Gasteiger partial charge in [0.1, 0.15) is 11.2 Å². The van der Waals surface area contributed by atoms with Crippen LogP contribution >= 0.6 is 0 Å². The number of furan rings is 1. The summed E-state index contributed by atoms with van der Waals surface area (Å²) < 4.78 is 5.65. The van der Waals surface area contributed by atoms with E-state index in [4.69, 9.17) is 4.42 Å². The fraction of sp³-hybridized carbons (Fsp3) is 0.143. The van der Waals surface area contributed by atoms with Gasteiger partial charge in [0.25, 0.3) is 0 Å². The van der Waals surface area contributed by atoms with Crippen molar-refractivity contribution in [2.75, 3.05) is 0 Å². The van der Waals surface area contributed by atoms with Crippen LogP contribution in [0.2, 0.25) is 0 Å². The molecule has 0 spiro atoms. The standard InChI is InChI=1S/C12H8O.C2H6/c1-3-7-11-9(5-1)10-6-2-4-8-12(10)13-11;1-2/h1-8H;1-2H3. The van der Waals surface area contributed by atoms with Crippen molar-refractivity contribution in [3.8, 4) is 0 Å². The number of fused-ring (bicyclic) bond motifs is 3. The maximum atomic E-state index is 5.65. The molecule has 0 saturated carbocycles. The van der Waals surface area contributed by atoms with Gasteiger partial charge < -0.3 is 4.42 Å². The highest BCUT2D eigenvalue weighted by Gasteiger charge is 2.03. The van der Waals surface area contributed by atoms with Gasteiger partial charge in [0.2, 0.25) is 0 Å². The van der Waals surface area contributed by atoms with Gasteiger partial charge in [-0.1, -0.05) is 50.2 Å². The van der Waals surface area contributed by atoms with Crippen LogP contribution in [0.25, 0.3) is 21.9 Å². The predicted octanol–water partition coefficient (Wildman–Crippen LogP) is 4.61. The van der Waals surface area contributed by atoms with Crippen molar-refractivity contribution in [2.24, 2.45) is 0 Å². The molecule has 1 heterocycles. The van der Waals surface area contributed by atoms with E-state index in [0.29, 0.717) is 0 Å². The molecule has 0 N–H and O–H groups in total. The Balaban J connectivity index is 0.000000404. The molecule has 15 heavy (non-hydrogen) atoms. The maximum absolute atomic E-state index is 5.65. The van der Waals surface area contributed by atoms with Crippen molar-refractivity contribution < 1.29 is 4.42 Å². The van der Waals surface area contributed by atoms with Crippen LogP contribution < -0.4 is 0 Å². The molecule has 1 aromatic heterocycles. The van der Waals surface area contributed by atoms with Crippen LogP contribution in [-0.4, -0.2) is 0 Å². The Hall–Kier alpha value is -1.76. The first kappa shape index (κ1) is 9.78. The van der Waals surface area contributed by atoms with Crippen molar-refractivity contribution in [3.63, 3.8) is 0 Å². The Labute approximate surface area is 89.3 Å². The van der Waals surface area contributed by atoms with Crippen LogP contribution in [0.3, 0.4) is 0 Å². The summed E-state index contributed by atoms with van der Waals surface area (Å²) in [5.41, 5.74) is 1.92. The van der Waals surface area contributed by atoms with E-state index in [1.54, 1.807) is 0 Å². The van der Waals surface area contributed by atoms with Crippen LogP contribution in [0.1, 0.15) is 13.8 Å².